The van der Waals surface area contributed by atoms with Crippen molar-refractivity contribution in [3.63, 3.8) is 0 Å². The summed E-state index contributed by atoms with van der Waals surface area (Å²) in [4.78, 5) is 28.3. The molecule has 2 aromatic rings. The van der Waals surface area contributed by atoms with Crippen LogP contribution in [0.25, 0.3) is 0 Å². The van der Waals surface area contributed by atoms with Crippen molar-refractivity contribution in [2.75, 3.05) is 31.5 Å². The lowest BCUT2D eigenvalue weighted by molar-refractivity contribution is 0.0671. The van der Waals surface area contributed by atoms with Crippen molar-refractivity contribution in [2.24, 2.45) is 0 Å². The second kappa shape index (κ2) is 7.29. The summed E-state index contributed by atoms with van der Waals surface area (Å²) >= 11 is 0. The molecule has 1 aliphatic heterocycles. The summed E-state index contributed by atoms with van der Waals surface area (Å²) in [5.74, 6) is -0.0726. The molecule has 1 aliphatic rings. The standard InChI is InChI=1S/C18H21N5O2/c1-13-3-5-16(6-4-13)20-18(25)23-9-7-22(8-10-23)17(24)15-11-14(2)21-19-12-15/h3-6,11-12H,7-10H2,1-2H3,(H,20,25). The average molecular weight is 339 g/mol. The highest BCUT2D eigenvalue weighted by Crippen LogP contribution is 2.12. The van der Waals surface area contributed by atoms with Crippen LogP contribution in [0.3, 0.4) is 0 Å². The first kappa shape index (κ1) is 16.9. The van der Waals surface area contributed by atoms with Crippen molar-refractivity contribution in [3.05, 3.63) is 53.3 Å². The van der Waals surface area contributed by atoms with E-state index in [1.807, 2.05) is 31.2 Å². The maximum atomic E-state index is 12.5. The van der Waals surface area contributed by atoms with Gasteiger partial charge in [0.2, 0.25) is 0 Å². The Labute approximate surface area is 146 Å². The molecule has 3 amide bonds. The molecule has 0 spiro atoms. The van der Waals surface area contributed by atoms with Gasteiger partial charge in [0.15, 0.2) is 0 Å². The van der Waals surface area contributed by atoms with Crippen LogP contribution in [-0.4, -0.2) is 58.1 Å². The SMILES string of the molecule is Cc1ccc(NC(=O)N2CCN(C(=O)c3cnnc(C)c3)CC2)cc1. The molecular formula is C18H21N5O2. The van der Waals surface area contributed by atoms with E-state index in [1.54, 1.807) is 22.8 Å². The molecule has 1 aromatic heterocycles. The number of nitrogens with one attached hydrogen (secondary N) is 1. The van der Waals surface area contributed by atoms with Gasteiger partial charge < -0.3 is 15.1 Å². The zero-order valence-corrected chi connectivity index (χ0v) is 14.4. The number of urea groups is 1. The largest absolute Gasteiger partial charge is 0.335 e. The summed E-state index contributed by atoms with van der Waals surface area (Å²) in [6.45, 7) is 5.81. The molecule has 7 heteroatoms. The molecule has 1 saturated heterocycles. The van der Waals surface area contributed by atoms with Crippen LogP contribution in [0.5, 0.6) is 0 Å². The van der Waals surface area contributed by atoms with E-state index in [1.165, 1.54) is 6.20 Å². The number of carbonyl (C=O) groups is 2. The zero-order valence-electron chi connectivity index (χ0n) is 14.4. The van der Waals surface area contributed by atoms with Gasteiger partial charge >= 0.3 is 6.03 Å². The average Bonchev–Trinajstić information content (AvgIpc) is 2.63. The molecule has 1 fully saturated rings. The van der Waals surface area contributed by atoms with E-state index in [0.29, 0.717) is 37.4 Å². The number of amides is 3. The Morgan fingerprint density at radius 2 is 1.64 bits per heavy atom. The Hall–Kier alpha value is -2.96. The first-order valence-corrected chi connectivity index (χ1v) is 8.24. The number of rotatable bonds is 2. The molecule has 0 bridgehead atoms. The summed E-state index contributed by atoms with van der Waals surface area (Å²) in [5.41, 5.74) is 3.16. The molecule has 0 unspecified atom stereocenters. The summed E-state index contributed by atoms with van der Waals surface area (Å²) in [6, 6.07) is 9.26. The van der Waals surface area contributed by atoms with Crippen LogP contribution in [0.4, 0.5) is 10.5 Å². The summed E-state index contributed by atoms with van der Waals surface area (Å²) in [6.07, 6.45) is 1.48. The third-order valence-corrected chi connectivity index (χ3v) is 4.18. The summed E-state index contributed by atoms with van der Waals surface area (Å²) in [5, 5.41) is 10.6. The minimum absolute atomic E-state index is 0.0726. The normalized spacial score (nSPS) is 14.3. The minimum Gasteiger partial charge on any atom is -0.335 e. The Morgan fingerprint density at radius 1 is 1.00 bits per heavy atom. The fourth-order valence-corrected chi connectivity index (χ4v) is 2.72. The lowest BCUT2D eigenvalue weighted by Gasteiger charge is -2.34. The van der Waals surface area contributed by atoms with Crippen LogP contribution < -0.4 is 5.32 Å². The molecule has 0 aliphatic carbocycles. The third kappa shape index (κ3) is 4.12. The smallest absolute Gasteiger partial charge is 0.321 e. The number of piperazine rings is 1. The van der Waals surface area contributed by atoms with Crippen LogP contribution >= 0.6 is 0 Å². The number of benzene rings is 1. The number of hydrogen-bond donors (Lipinski definition) is 1. The summed E-state index contributed by atoms with van der Waals surface area (Å²) < 4.78 is 0. The van der Waals surface area contributed by atoms with Crippen LogP contribution in [0.15, 0.2) is 36.5 Å². The van der Waals surface area contributed by atoms with Crippen LogP contribution in [0.1, 0.15) is 21.6 Å². The van der Waals surface area contributed by atoms with E-state index in [2.05, 4.69) is 15.5 Å². The Bertz CT molecular complexity index is 767. The molecule has 7 nitrogen and oxygen atoms in total. The van der Waals surface area contributed by atoms with Crippen molar-refractivity contribution in [2.45, 2.75) is 13.8 Å². The van der Waals surface area contributed by atoms with Gasteiger partial charge in [-0.05, 0) is 32.0 Å². The fourth-order valence-electron chi connectivity index (χ4n) is 2.72. The van der Waals surface area contributed by atoms with Crippen molar-refractivity contribution in [1.29, 1.82) is 0 Å². The molecule has 0 radical (unpaired) electrons. The van der Waals surface area contributed by atoms with E-state index in [4.69, 9.17) is 0 Å². The van der Waals surface area contributed by atoms with E-state index in [0.717, 1.165) is 11.3 Å². The molecule has 2 heterocycles. The number of carbonyl (C=O) groups excluding carboxylic acids is 2. The van der Waals surface area contributed by atoms with Gasteiger partial charge in [0.05, 0.1) is 17.5 Å². The predicted octanol–water partition coefficient (Wildman–Crippen LogP) is 2.08. The zero-order chi connectivity index (χ0) is 17.8. The molecule has 25 heavy (non-hydrogen) atoms. The van der Waals surface area contributed by atoms with Gasteiger partial charge in [-0.25, -0.2) is 4.79 Å². The lowest BCUT2D eigenvalue weighted by Crippen LogP contribution is -2.51. The number of hydrogen-bond acceptors (Lipinski definition) is 4. The number of nitrogens with zero attached hydrogens (tertiary/aromatic N) is 4. The molecule has 1 N–H and O–H groups in total. The molecule has 130 valence electrons. The maximum absolute atomic E-state index is 12.5. The third-order valence-electron chi connectivity index (χ3n) is 4.18. The van der Waals surface area contributed by atoms with Crippen molar-refractivity contribution in [1.82, 2.24) is 20.0 Å². The van der Waals surface area contributed by atoms with Crippen LogP contribution in [0, 0.1) is 13.8 Å². The Kier molecular flexibility index (Phi) is 4.92. The number of aromatic nitrogens is 2. The monoisotopic (exact) mass is 339 g/mol. The molecule has 1 aromatic carbocycles. The molecule has 0 saturated carbocycles. The first-order chi connectivity index (χ1) is 12.0. The molecule has 3 rings (SSSR count). The minimum atomic E-state index is -0.141. The predicted molar refractivity (Wildman–Crippen MR) is 94.4 cm³/mol. The van der Waals surface area contributed by atoms with E-state index < -0.39 is 0 Å². The highest BCUT2D eigenvalue weighted by atomic mass is 16.2. The van der Waals surface area contributed by atoms with E-state index >= 15 is 0 Å². The van der Waals surface area contributed by atoms with Gasteiger partial charge in [-0.3, -0.25) is 4.79 Å². The second-order valence-corrected chi connectivity index (χ2v) is 6.16. The van der Waals surface area contributed by atoms with E-state index in [-0.39, 0.29) is 11.9 Å². The quantitative estimate of drug-likeness (QED) is 0.909. The fraction of sp³-hybridized carbons (Fsp3) is 0.333. The maximum Gasteiger partial charge on any atom is 0.321 e. The number of anilines is 1. The highest BCUT2D eigenvalue weighted by Gasteiger charge is 2.25. The van der Waals surface area contributed by atoms with E-state index in [9.17, 15) is 9.59 Å². The van der Waals surface area contributed by atoms with Gasteiger partial charge in [-0.15, -0.1) is 0 Å². The van der Waals surface area contributed by atoms with Gasteiger partial charge in [0.1, 0.15) is 0 Å². The van der Waals surface area contributed by atoms with Crippen molar-refractivity contribution in [3.8, 4) is 0 Å². The van der Waals surface area contributed by atoms with Gasteiger partial charge in [0, 0.05) is 31.9 Å². The lowest BCUT2D eigenvalue weighted by atomic mass is 10.2. The Morgan fingerprint density at radius 3 is 2.28 bits per heavy atom. The molecular weight excluding hydrogens is 318 g/mol. The summed E-state index contributed by atoms with van der Waals surface area (Å²) in [7, 11) is 0. The van der Waals surface area contributed by atoms with Gasteiger partial charge in [0.25, 0.3) is 5.91 Å². The van der Waals surface area contributed by atoms with Crippen molar-refractivity contribution < 1.29 is 9.59 Å². The number of aryl methyl sites for hydroxylation is 2. The Balaban J connectivity index is 1.55. The van der Waals surface area contributed by atoms with Crippen molar-refractivity contribution >= 4 is 17.6 Å². The first-order valence-electron chi connectivity index (χ1n) is 8.24. The molecule has 0 atom stereocenters. The topological polar surface area (TPSA) is 78.4 Å². The van der Waals surface area contributed by atoms with Gasteiger partial charge in [-0.1, -0.05) is 17.7 Å². The highest BCUT2D eigenvalue weighted by molar-refractivity contribution is 5.94. The second-order valence-electron chi connectivity index (χ2n) is 6.16. The van der Waals surface area contributed by atoms with Crippen LogP contribution in [-0.2, 0) is 0 Å². The van der Waals surface area contributed by atoms with Crippen LogP contribution in [0.2, 0.25) is 0 Å². The van der Waals surface area contributed by atoms with Gasteiger partial charge in [-0.2, -0.15) is 10.2 Å².